The Morgan fingerprint density at radius 1 is 0.469 bits per heavy atom. The molecule has 3 aliphatic rings. The Labute approximate surface area is 274 Å². The third-order valence-corrected chi connectivity index (χ3v) is 5.34. The number of imide groups is 3. The van der Waals surface area contributed by atoms with Crippen molar-refractivity contribution in [2.45, 2.75) is 17.0 Å². The summed E-state index contributed by atoms with van der Waals surface area (Å²) in [5.41, 5.74) is 3.91. The van der Waals surface area contributed by atoms with Crippen LogP contribution in [-0.4, -0.2) is 168 Å². The minimum absolute atomic E-state index is 0. The van der Waals surface area contributed by atoms with Gasteiger partial charge in [0.15, 0.2) is 0 Å². The molecule has 0 aliphatic carbocycles. The van der Waals surface area contributed by atoms with Gasteiger partial charge in [-0.2, -0.15) is 15.2 Å². The summed E-state index contributed by atoms with van der Waals surface area (Å²) in [6, 6.07) is -9.91. The maximum atomic E-state index is 11.2. The summed E-state index contributed by atoms with van der Waals surface area (Å²) in [4.78, 5) is 130. The van der Waals surface area contributed by atoms with E-state index in [0.717, 1.165) is 0 Å². The van der Waals surface area contributed by atoms with Crippen LogP contribution in [0.4, 0.5) is 28.8 Å². The number of carbonyl (C=O) groups excluding carboxylic acids is 12. The van der Waals surface area contributed by atoms with Gasteiger partial charge in [0.25, 0.3) is 17.0 Å². The van der Waals surface area contributed by atoms with E-state index in [1.165, 1.54) is 16.0 Å². The van der Waals surface area contributed by atoms with Crippen LogP contribution in [0.15, 0.2) is 0 Å². The summed E-state index contributed by atoms with van der Waals surface area (Å²) >= 11 is 0. The number of amides is 15. The van der Waals surface area contributed by atoms with Crippen LogP contribution in [0, 0.1) is 0 Å². The minimum atomic E-state index is -3.27. The Balaban J connectivity index is 0.000000698. The average molecular weight is 726 g/mol. The molecule has 49 heavy (non-hydrogen) atoms. The third kappa shape index (κ3) is 6.61. The van der Waals surface area contributed by atoms with E-state index in [2.05, 4.69) is 17.2 Å². The number of nitrogens with one attached hydrogen (secondary N) is 3. The molecule has 34 heteroatoms. The van der Waals surface area contributed by atoms with Gasteiger partial charge < -0.3 is 62.9 Å². The molecule has 3 saturated heterocycles. The number of urea groups is 6. The van der Waals surface area contributed by atoms with Crippen LogP contribution in [0.25, 0.3) is 0 Å². The molecule has 3 unspecified atom stereocenters. The maximum Gasteiger partial charge on any atom is 3.00 e. The number of carboxylic acid groups (broad SMARTS) is 3. The molecular formula is C15H15AlN12O21. The van der Waals surface area contributed by atoms with Crippen molar-refractivity contribution in [2.24, 2.45) is 17.2 Å². The largest absolute Gasteiger partial charge is 3.00 e. The van der Waals surface area contributed by atoms with Gasteiger partial charge in [0.05, 0.1) is 17.9 Å². The number of hydrogen-bond acceptors (Lipinski definition) is 21. The van der Waals surface area contributed by atoms with Crippen molar-refractivity contribution < 1.29 is 104 Å². The van der Waals surface area contributed by atoms with Gasteiger partial charge in [-0.25, -0.2) is 28.8 Å². The fraction of sp³-hybridized carbons (Fsp3) is 0.200. The van der Waals surface area contributed by atoms with Gasteiger partial charge in [-0.15, -0.1) is 15.2 Å². The van der Waals surface area contributed by atoms with E-state index < -0.39 is 119 Å². The molecule has 3 aliphatic heterocycles. The number of primary amides is 3. The number of hydrogen-bond donors (Lipinski definition) is 12. The first-order valence-corrected chi connectivity index (χ1v) is 10.8. The van der Waals surface area contributed by atoms with Crippen LogP contribution in [0.5, 0.6) is 0 Å². The second kappa shape index (κ2) is 14.4. The molecule has 3 fully saturated rings. The van der Waals surface area contributed by atoms with Gasteiger partial charge in [0.1, 0.15) is 0 Å². The zero-order chi connectivity index (χ0) is 38.0. The molecule has 3 rings (SSSR count). The van der Waals surface area contributed by atoms with Gasteiger partial charge >= 0.3 is 71.3 Å². The van der Waals surface area contributed by atoms with E-state index in [1.54, 1.807) is 0 Å². The van der Waals surface area contributed by atoms with E-state index >= 15 is 0 Å². The van der Waals surface area contributed by atoms with Crippen LogP contribution in [0.1, 0.15) is 0 Å². The van der Waals surface area contributed by atoms with E-state index in [9.17, 15) is 72.9 Å². The van der Waals surface area contributed by atoms with Crippen molar-refractivity contribution in [3.05, 3.63) is 0 Å². The summed E-state index contributed by atoms with van der Waals surface area (Å²) < 4.78 is 0. The van der Waals surface area contributed by atoms with Gasteiger partial charge in [-0.05, 0) is 0 Å². The molecule has 15 amide bonds. The summed E-state index contributed by atoms with van der Waals surface area (Å²) in [7, 11) is 0. The molecule has 15 N–H and O–H groups in total. The molecule has 0 bridgehead atoms. The quantitative estimate of drug-likeness (QED) is 0.0523. The van der Waals surface area contributed by atoms with Crippen LogP contribution < -0.4 is 48.5 Å². The van der Waals surface area contributed by atoms with Crippen molar-refractivity contribution in [3.8, 4) is 0 Å². The van der Waals surface area contributed by atoms with E-state index in [4.69, 9.17) is 31.2 Å². The van der Waals surface area contributed by atoms with Gasteiger partial charge in [-0.1, -0.05) is 0 Å². The Hall–Kier alpha value is -6.67. The summed E-state index contributed by atoms with van der Waals surface area (Å²) in [5, 5.41) is 85.1. The predicted octanol–water partition coefficient (Wildman–Crippen LogP) is -12.0. The summed E-state index contributed by atoms with van der Waals surface area (Å²) in [6.07, 6.45) is 0. The first-order valence-electron chi connectivity index (χ1n) is 10.8. The van der Waals surface area contributed by atoms with E-state index in [1.807, 2.05) is 0 Å². The normalized spacial score (nSPS) is 24.4. The molecule has 0 saturated carbocycles. The fourth-order valence-electron chi connectivity index (χ4n) is 3.22. The number of carboxylic acids is 3. The summed E-state index contributed by atoms with van der Waals surface area (Å²) in [6.45, 7) is 0. The molecule has 33 nitrogen and oxygen atoms in total. The summed E-state index contributed by atoms with van der Waals surface area (Å²) in [5.74, 6) is -12.5. The first-order chi connectivity index (χ1) is 21.7. The molecule has 264 valence electrons. The van der Waals surface area contributed by atoms with Crippen molar-refractivity contribution in [3.63, 3.8) is 0 Å². The van der Waals surface area contributed by atoms with Gasteiger partial charge in [-0.3, -0.25) is 45.6 Å². The van der Waals surface area contributed by atoms with E-state index in [0.29, 0.717) is 0 Å². The maximum absolute atomic E-state index is 11.2. The molecule has 3 heterocycles. The predicted molar refractivity (Wildman–Crippen MR) is 120 cm³/mol. The van der Waals surface area contributed by atoms with Crippen molar-refractivity contribution >= 4 is 89.2 Å². The van der Waals surface area contributed by atoms with Crippen molar-refractivity contribution in [1.29, 1.82) is 0 Å². The Kier molecular flexibility index (Phi) is 12.4. The second-order valence-corrected chi connectivity index (χ2v) is 8.10. The minimum Gasteiger partial charge on any atom is -0.545 e. The average Bonchev–Trinajstić information content (AvgIpc) is 3.33. The number of aliphatic carboxylic acids is 3. The third-order valence-electron chi connectivity index (χ3n) is 5.34. The van der Waals surface area contributed by atoms with Crippen LogP contribution in [0.3, 0.4) is 0 Å². The fourth-order valence-corrected chi connectivity index (χ4v) is 3.22. The van der Waals surface area contributed by atoms with Crippen LogP contribution in [-0.2, 0) is 28.8 Å². The molecular weight excluding hydrogens is 711 g/mol. The molecule has 0 aromatic heterocycles. The molecule has 0 radical (unpaired) electrons. The Morgan fingerprint density at radius 2 is 0.633 bits per heavy atom. The van der Waals surface area contributed by atoms with Crippen molar-refractivity contribution in [2.75, 3.05) is 0 Å². The smallest absolute Gasteiger partial charge is 0.545 e. The van der Waals surface area contributed by atoms with Crippen LogP contribution >= 0.6 is 0 Å². The standard InChI is InChI=1S/3C5H6N4O7.Al/c3*6-3(13)7-5(2(11)12)1(10)8(15)4(14)9(5)16;/h3*15-16H,(H,11,12)(H3,6,7,13);/q;;;+3/p-3. The molecule has 0 aromatic rings. The van der Waals surface area contributed by atoms with Crippen LogP contribution in [0.2, 0.25) is 0 Å². The van der Waals surface area contributed by atoms with Gasteiger partial charge in [0.2, 0.25) is 0 Å². The number of rotatable bonds is 6. The molecule has 0 spiro atoms. The number of nitrogens with zero attached hydrogens (tertiary/aromatic N) is 6. The number of carbonyl (C=O) groups is 12. The number of nitrogens with two attached hydrogens (primary N) is 3. The first kappa shape index (κ1) is 42.3. The monoisotopic (exact) mass is 726 g/mol. The SMILES string of the molecule is NC(=O)NC1(C(=O)[O-])C(=O)N(O)C(=O)N1O.NC(=O)NC1(C(=O)[O-])C(=O)N(O)C(=O)N1O.NC(=O)NC1(C(=O)[O-])C(=O)N(O)C(=O)N1O.[Al+3]. The zero-order valence-electron chi connectivity index (χ0n) is 22.8. The Morgan fingerprint density at radius 3 is 0.714 bits per heavy atom. The van der Waals surface area contributed by atoms with E-state index in [-0.39, 0.29) is 17.4 Å². The molecule has 0 aromatic carbocycles. The van der Waals surface area contributed by atoms with Gasteiger partial charge in [0, 0.05) is 0 Å². The molecule has 3 atom stereocenters. The topological polar surface area (TPSA) is 529 Å². The zero-order valence-corrected chi connectivity index (χ0v) is 24.0. The Bertz CT molecular complexity index is 1370. The second-order valence-electron chi connectivity index (χ2n) is 8.10. The number of hydroxylamine groups is 12. The van der Waals surface area contributed by atoms with Crippen molar-refractivity contribution in [1.82, 2.24) is 46.3 Å².